The van der Waals surface area contributed by atoms with Gasteiger partial charge in [0.1, 0.15) is 7.85 Å². The topological polar surface area (TPSA) is 0 Å². The van der Waals surface area contributed by atoms with Crippen LogP contribution in [0.5, 0.6) is 0 Å². The highest BCUT2D eigenvalue weighted by Gasteiger charge is 1.88. The monoisotopic (exact) mass is 141 g/mol. The molecule has 0 atom stereocenters. The van der Waals surface area contributed by atoms with E-state index in [1.165, 1.54) is 0 Å². The lowest BCUT2D eigenvalue weighted by Crippen LogP contribution is -1.81. The molecule has 0 aromatic heterocycles. The molecule has 0 N–H and O–H groups in total. The first-order valence-corrected chi connectivity index (χ1v) is 3.60. The molecule has 0 heterocycles. The Hall–Kier alpha value is -0.758. The van der Waals surface area contributed by atoms with Gasteiger partial charge in [0.2, 0.25) is 0 Å². The second-order valence-corrected chi connectivity index (χ2v) is 2.25. The van der Waals surface area contributed by atoms with E-state index in [1.54, 1.807) is 5.70 Å². The minimum atomic E-state index is 0.747. The van der Waals surface area contributed by atoms with Crippen LogP contribution in [0.1, 0.15) is 5.56 Å². The average molecular weight is 141 g/mol. The van der Waals surface area contributed by atoms with Crippen LogP contribution >= 0.6 is 0 Å². The fraction of sp³-hybridized carbons (Fsp3) is 0. The third-order valence-corrected chi connectivity index (χ3v) is 1.57. The fourth-order valence-corrected chi connectivity index (χ4v) is 0.881. The van der Waals surface area contributed by atoms with Crippen molar-refractivity contribution < 1.29 is 0 Å². The molecule has 2 heteroatoms. The maximum atomic E-state index is 5.61. The van der Waals surface area contributed by atoms with E-state index in [0.29, 0.717) is 0 Å². The number of hydrogen-bond acceptors (Lipinski definition) is 0. The quantitative estimate of drug-likeness (QED) is 0.517. The third-order valence-electron chi connectivity index (χ3n) is 1.26. The zero-order valence-electron chi connectivity index (χ0n) is 5.54. The molecule has 1 aromatic rings. The van der Waals surface area contributed by atoms with Gasteiger partial charge in [0, 0.05) is 0 Å². The van der Waals surface area contributed by atoms with Crippen molar-refractivity contribution in [2.75, 3.05) is 0 Å². The van der Waals surface area contributed by atoms with Gasteiger partial charge < -0.3 is 0 Å². The second kappa shape index (κ2) is 3.42. The highest BCUT2D eigenvalue weighted by atomic mass is 28.1. The summed E-state index contributed by atoms with van der Waals surface area (Å²) in [6, 6.07) is 9.80. The zero-order chi connectivity index (χ0) is 7.40. The van der Waals surface area contributed by atoms with Gasteiger partial charge in [-0.05, 0) is 5.56 Å². The Bertz CT molecular complexity index is 228. The summed E-state index contributed by atoms with van der Waals surface area (Å²) in [6.07, 6.45) is 0. The Morgan fingerprint density at radius 3 is 2.40 bits per heavy atom. The van der Waals surface area contributed by atoms with Crippen LogP contribution in [0.4, 0.5) is 0 Å². The molecule has 0 nitrogen and oxygen atoms in total. The highest BCUT2D eigenvalue weighted by Crippen LogP contribution is 2.07. The van der Waals surface area contributed by atoms with Crippen molar-refractivity contribution >= 4 is 23.6 Å². The average Bonchev–Trinajstić information content (AvgIpc) is 2.05. The van der Waals surface area contributed by atoms with Crippen LogP contribution in [0.15, 0.2) is 36.0 Å². The minimum absolute atomic E-state index is 0.747. The van der Waals surface area contributed by atoms with E-state index in [4.69, 9.17) is 7.85 Å². The van der Waals surface area contributed by atoms with Gasteiger partial charge in [-0.15, -0.1) is 5.70 Å². The van der Waals surface area contributed by atoms with Gasteiger partial charge in [-0.1, -0.05) is 35.8 Å². The molecule has 45 valence electrons. The number of rotatable bonds is 1. The SMILES string of the molecule is [B]/C(=C\[Si])c1ccccc1. The molecule has 0 spiro atoms. The number of benzene rings is 1. The van der Waals surface area contributed by atoms with Crippen molar-refractivity contribution in [3.05, 3.63) is 41.6 Å². The van der Waals surface area contributed by atoms with Crippen molar-refractivity contribution in [3.8, 4) is 0 Å². The van der Waals surface area contributed by atoms with Crippen LogP contribution in [-0.4, -0.2) is 18.1 Å². The number of hydrogen-bond donors (Lipinski definition) is 0. The summed E-state index contributed by atoms with van der Waals surface area (Å²) in [5.41, 5.74) is 3.49. The highest BCUT2D eigenvalue weighted by molar-refractivity contribution is 6.46. The summed E-state index contributed by atoms with van der Waals surface area (Å²) in [5.74, 6) is 0. The van der Waals surface area contributed by atoms with Crippen molar-refractivity contribution in [2.24, 2.45) is 0 Å². The summed E-state index contributed by atoms with van der Waals surface area (Å²) in [4.78, 5) is 0. The van der Waals surface area contributed by atoms with Crippen LogP contribution in [0.25, 0.3) is 5.47 Å². The minimum Gasteiger partial charge on any atom is -0.108 e. The summed E-state index contributed by atoms with van der Waals surface area (Å²) >= 11 is 0. The van der Waals surface area contributed by atoms with Crippen LogP contribution < -0.4 is 0 Å². The van der Waals surface area contributed by atoms with Gasteiger partial charge in [-0.3, -0.25) is 0 Å². The Kier molecular flexibility index (Phi) is 2.51. The maximum absolute atomic E-state index is 5.61. The predicted octanol–water partition coefficient (Wildman–Crippen LogP) is 1.32. The molecule has 0 fully saturated rings. The molecule has 0 unspecified atom stereocenters. The largest absolute Gasteiger partial charge is 0.113 e. The molecule has 0 amide bonds. The lowest BCUT2D eigenvalue weighted by Gasteiger charge is -1.97. The first-order chi connectivity index (χ1) is 4.84. The molecule has 0 aliphatic heterocycles. The van der Waals surface area contributed by atoms with Gasteiger partial charge in [-0.2, -0.15) is 0 Å². The maximum Gasteiger partial charge on any atom is 0.113 e. The molecule has 0 saturated heterocycles. The third kappa shape index (κ3) is 1.61. The molecule has 5 radical (unpaired) electrons. The van der Waals surface area contributed by atoms with Crippen LogP contribution in [0.2, 0.25) is 0 Å². The van der Waals surface area contributed by atoms with E-state index in [2.05, 4.69) is 10.2 Å². The molecule has 1 rings (SSSR count). The van der Waals surface area contributed by atoms with Crippen molar-refractivity contribution in [3.63, 3.8) is 0 Å². The first-order valence-electron chi connectivity index (χ1n) is 3.03. The molecular weight excluding hydrogens is 135 g/mol. The lowest BCUT2D eigenvalue weighted by molar-refractivity contribution is 1.65. The molecule has 0 bridgehead atoms. The standard InChI is InChI=1S/C8H6BSi/c9-8(6-10)7-4-2-1-3-5-7/h1-6H/b8-6-. The van der Waals surface area contributed by atoms with Crippen molar-refractivity contribution in [2.45, 2.75) is 0 Å². The fourth-order valence-electron chi connectivity index (χ4n) is 0.714. The summed E-state index contributed by atoms with van der Waals surface area (Å²) in [5, 5.41) is 0. The molecule has 0 aliphatic rings. The Balaban J connectivity index is 2.96. The lowest BCUT2D eigenvalue weighted by atomic mass is 9.90. The van der Waals surface area contributed by atoms with Gasteiger partial charge in [0.15, 0.2) is 0 Å². The molecular formula is C8H6BSi. The Morgan fingerprint density at radius 1 is 1.30 bits per heavy atom. The van der Waals surface area contributed by atoms with E-state index in [9.17, 15) is 0 Å². The second-order valence-electron chi connectivity index (χ2n) is 1.97. The van der Waals surface area contributed by atoms with E-state index in [-0.39, 0.29) is 0 Å². The zero-order valence-corrected chi connectivity index (χ0v) is 6.54. The Labute approximate surface area is 65.8 Å². The molecule has 1 aromatic carbocycles. The molecule has 10 heavy (non-hydrogen) atoms. The van der Waals surface area contributed by atoms with Crippen LogP contribution in [0.3, 0.4) is 0 Å². The first kappa shape index (κ1) is 7.35. The summed E-state index contributed by atoms with van der Waals surface area (Å²) in [7, 11) is 8.82. The smallest absolute Gasteiger partial charge is 0.108 e. The van der Waals surface area contributed by atoms with Crippen LogP contribution in [-0.2, 0) is 0 Å². The Morgan fingerprint density at radius 2 is 1.90 bits per heavy atom. The van der Waals surface area contributed by atoms with E-state index < -0.39 is 0 Å². The normalized spacial score (nSPS) is 11.5. The van der Waals surface area contributed by atoms with Gasteiger partial charge >= 0.3 is 0 Å². The van der Waals surface area contributed by atoms with Crippen molar-refractivity contribution in [1.82, 2.24) is 0 Å². The summed E-state index contributed by atoms with van der Waals surface area (Å²) in [6.45, 7) is 0. The van der Waals surface area contributed by atoms with Crippen LogP contribution in [0, 0.1) is 0 Å². The molecule has 0 saturated carbocycles. The van der Waals surface area contributed by atoms with Gasteiger partial charge in [0.05, 0.1) is 10.2 Å². The van der Waals surface area contributed by atoms with E-state index in [0.717, 1.165) is 11.0 Å². The van der Waals surface area contributed by atoms with Gasteiger partial charge in [0.25, 0.3) is 0 Å². The van der Waals surface area contributed by atoms with Crippen molar-refractivity contribution in [1.29, 1.82) is 0 Å². The van der Waals surface area contributed by atoms with E-state index in [1.807, 2.05) is 30.3 Å². The van der Waals surface area contributed by atoms with Gasteiger partial charge in [-0.25, -0.2) is 0 Å². The van der Waals surface area contributed by atoms with E-state index >= 15 is 0 Å². The predicted molar refractivity (Wildman–Crippen MR) is 45.9 cm³/mol. The molecule has 0 aliphatic carbocycles. The summed E-state index contributed by atoms with van der Waals surface area (Å²) < 4.78 is 0.